The molecule has 12 nitrogen and oxygen atoms in total. The van der Waals surface area contributed by atoms with E-state index >= 15 is 0 Å². The van der Waals surface area contributed by atoms with Gasteiger partial charge in [0.05, 0.1) is 6.10 Å². The SMILES string of the molecule is CCCc1nc(C(C)(O)CC(C)OC(=O)OC(C)C)c(C(=O)O)n1Cc1ccc(-c2ccccc2-c2nn[nH]n2)cc1. The predicted molar refractivity (Wildman–Crippen MR) is 154 cm³/mol. The Bertz CT molecular complexity index is 1510. The summed E-state index contributed by atoms with van der Waals surface area (Å²) in [5.74, 6) is -0.178. The van der Waals surface area contributed by atoms with Crippen molar-refractivity contribution in [3.8, 4) is 22.5 Å². The summed E-state index contributed by atoms with van der Waals surface area (Å²) in [4.78, 5) is 29.1. The molecule has 0 spiro atoms. The van der Waals surface area contributed by atoms with Crippen LogP contribution in [0, 0.1) is 0 Å². The van der Waals surface area contributed by atoms with Crippen LogP contribution in [0.25, 0.3) is 22.5 Å². The Balaban J connectivity index is 1.63. The van der Waals surface area contributed by atoms with Crippen molar-refractivity contribution in [3.63, 3.8) is 0 Å². The molecule has 2 heterocycles. The third-order valence-electron chi connectivity index (χ3n) is 6.67. The number of rotatable bonds is 12. The molecule has 2 aromatic carbocycles. The van der Waals surface area contributed by atoms with Crippen LogP contribution in [0.3, 0.4) is 0 Å². The Morgan fingerprint density at radius 3 is 2.33 bits per heavy atom. The average Bonchev–Trinajstić information content (AvgIpc) is 3.58. The lowest BCUT2D eigenvalue weighted by molar-refractivity contribution is -0.0320. The highest BCUT2D eigenvalue weighted by atomic mass is 16.7. The first kappa shape index (κ1) is 30.4. The molecular weight excluding hydrogens is 540 g/mol. The Morgan fingerprint density at radius 2 is 1.74 bits per heavy atom. The molecule has 4 aromatic rings. The Morgan fingerprint density at radius 1 is 1.05 bits per heavy atom. The van der Waals surface area contributed by atoms with Crippen LogP contribution in [0.5, 0.6) is 0 Å². The fourth-order valence-electron chi connectivity index (χ4n) is 4.94. The maximum Gasteiger partial charge on any atom is 0.508 e. The summed E-state index contributed by atoms with van der Waals surface area (Å²) in [7, 11) is 0. The number of aromatic nitrogens is 6. The van der Waals surface area contributed by atoms with Gasteiger partial charge in [0.15, 0.2) is 5.69 Å². The Hall–Kier alpha value is -4.58. The third kappa shape index (κ3) is 7.00. The van der Waals surface area contributed by atoms with E-state index in [1.165, 1.54) is 6.92 Å². The number of hydrogen-bond acceptors (Lipinski definition) is 9. The molecule has 4 rings (SSSR count). The number of imidazole rings is 1. The van der Waals surface area contributed by atoms with Crippen molar-refractivity contribution in [3.05, 3.63) is 71.3 Å². The number of benzene rings is 2. The van der Waals surface area contributed by atoms with Crippen LogP contribution in [0.15, 0.2) is 48.5 Å². The van der Waals surface area contributed by atoms with Crippen LogP contribution >= 0.6 is 0 Å². The van der Waals surface area contributed by atoms with Gasteiger partial charge in [0.2, 0.25) is 5.82 Å². The fourth-order valence-corrected chi connectivity index (χ4v) is 4.94. The number of ether oxygens (including phenoxy) is 2. The number of hydrogen-bond donors (Lipinski definition) is 3. The van der Waals surface area contributed by atoms with Gasteiger partial charge < -0.3 is 24.3 Å². The number of nitrogens with one attached hydrogen (secondary N) is 1. The maximum atomic E-state index is 12.6. The molecule has 0 fully saturated rings. The number of H-pyrrole nitrogens is 1. The van der Waals surface area contributed by atoms with E-state index < -0.39 is 23.8 Å². The van der Waals surface area contributed by atoms with Crippen LogP contribution < -0.4 is 0 Å². The molecule has 2 aromatic heterocycles. The van der Waals surface area contributed by atoms with Gasteiger partial charge in [-0.1, -0.05) is 55.5 Å². The van der Waals surface area contributed by atoms with Gasteiger partial charge in [-0.05, 0) is 56.0 Å². The van der Waals surface area contributed by atoms with E-state index in [9.17, 15) is 19.8 Å². The molecule has 2 atom stereocenters. The van der Waals surface area contributed by atoms with E-state index in [-0.39, 0.29) is 30.5 Å². The average molecular weight is 577 g/mol. The monoisotopic (exact) mass is 576 g/mol. The molecule has 3 N–H and O–H groups in total. The van der Waals surface area contributed by atoms with Crippen molar-refractivity contribution in [2.45, 2.75) is 78.2 Å². The molecule has 0 radical (unpaired) electrons. The molecule has 0 bridgehead atoms. The molecule has 0 saturated heterocycles. The molecule has 0 saturated carbocycles. The summed E-state index contributed by atoms with van der Waals surface area (Å²) in [5, 5.41) is 36.0. The van der Waals surface area contributed by atoms with Gasteiger partial charge >= 0.3 is 12.1 Å². The van der Waals surface area contributed by atoms with Crippen LogP contribution in [0.1, 0.15) is 75.0 Å². The summed E-state index contributed by atoms with van der Waals surface area (Å²) < 4.78 is 11.9. The zero-order valence-electron chi connectivity index (χ0n) is 24.4. The number of carbonyl (C=O) groups excluding carboxylic acids is 1. The first-order valence-corrected chi connectivity index (χ1v) is 13.8. The summed E-state index contributed by atoms with van der Waals surface area (Å²) in [6, 6.07) is 15.5. The number of nitrogens with zero attached hydrogens (tertiary/aromatic N) is 5. The highest BCUT2D eigenvalue weighted by Gasteiger charge is 2.37. The molecule has 0 aliphatic rings. The quantitative estimate of drug-likeness (QED) is 0.196. The molecule has 42 heavy (non-hydrogen) atoms. The first-order valence-electron chi connectivity index (χ1n) is 13.8. The minimum absolute atomic E-state index is 0.0248. The van der Waals surface area contributed by atoms with Crippen LogP contribution in [0.4, 0.5) is 4.79 Å². The number of aliphatic hydroxyl groups is 1. The topological polar surface area (TPSA) is 165 Å². The van der Waals surface area contributed by atoms with Crippen LogP contribution in [-0.2, 0) is 28.0 Å². The summed E-state index contributed by atoms with van der Waals surface area (Å²) in [6.45, 7) is 8.70. The smallest absolute Gasteiger partial charge is 0.477 e. The number of carbonyl (C=O) groups is 2. The molecule has 12 heteroatoms. The van der Waals surface area contributed by atoms with Gasteiger partial charge in [0.25, 0.3) is 0 Å². The summed E-state index contributed by atoms with van der Waals surface area (Å²) >= 11 is 0. The van der Waals surface area contributed by atoms with Gasteiger partial charge in [0.1, 0.15) is 23.2 Å². The van der Waals surface area contributed by atoms with Crippen molar-refractivity contribution >= 4 is 12.1 Å². The highest BCUT2D eigenvalue weighted by Crippen LogP contribution is 2.32. The van der Waals surface area contributed by atoms with Crippen molar-refractivity contribution in [2.24, 2.45) is 0 Å². The third-order valence-corrected chi connectivity index (χ3v) is 6.67. The van der Waals surface area contributed by atoms with Crippen molar-refractivity contribution in [2.75, 3.05) is 0 Å². The van der Waals surface area contributed by atoms with E-state index in [0.29, 0.717) is 18.1 Å². The minimum atomic E-state index is -1.69. The van der Waals surface area contributed by atoms with Gasteiger partial charge in [-0.15, -0.1) is 10.2 Å². The molecule has 222 valence electrons. The van der Waals surface area contributed by atoms with Crippen molar-refractivity contribution in [1.82, 2.24) is 30.2 Å². The molecular formula is C30H36N6O6. The largest absolute Gasteiger partial charge is 0.508 e. The number of aryl methyl sites for hydroxylation is 1. The maximum absolute atomic E-state index is 12.6. The second kappa shape index (κ2) is 12.9. The lowest BCUT2D eigenvalue weighted by Gasteiger charge is -2.26. The lowest BCUT2D eigenvalue weighted by Crippen LogP contribution is -2.32. The second-order valence-electron chi connectivity index (χ2n) is 10.7. The highest BCUT2D eigenvalue weighted by molar-refractivity contribution is 5.87. The number of carboxylic acid groups (broad SMARTS) is 1. The standard InChI is InChI=1S/C30H36N6O6/c1-6-9-24-31-26(30(5,40)16-19(4)42-29(39)41-18(2)3)25(28(37)38)36(24)17-20-12-14-21(15-13-20)22-10-7-8-11-23(22)27-32-34-35-33-27/h7-8,10-15,18-19,40H,6,9,16-17H2,1-5H3,(H,37,38)(H,32,33,34,35). The van der Waals surface area contributed by atoms with E-state index in [2.05, 4.69) is 25.6 Å². The molecule has 0 aliphatic heterocycles. The fraction of sp³-hybridized carbons (Fsp3) is 0.400. The van der Waals surface area contributed by atoms with Crippen LogP contribution in [-0.4, -0.2) is 64.7 Å². The summed E-state index contributed by atoms with van der Waals surface area (Å²) in [5.41, 5.74) is 1.77. The van der Waals surface area contributed by atoms with Gasteiger partial charge in [-0.3, -0.25) is 0 Å². The first-order chi connectivity index (χ1) is 20.0. The number of tetrazole rings is 1. The Labute approximate surface area is 243 Å². The number of carboxylic acids is 1. The molecule has 2 unspecified atom stereocenters. The van der Waals surface area contributed by atoms with Crippen LogP contribution in [0.2, 0.25) is 0 Å². The van der Waals surface area contributed by atoms with Gasteiger partial charge in [0, 0.05) is 24.9 Å². The molecule has 0 amide bonds. The van der Waals surface area contributed by atoms with E-state index in [4.69, 9.17) is 9.47 Å². The van der Waals surface area contributed by atoms with E-state index in [1.54, 1.807) is 25.3 Å². The second-order valence-corrected chi connectivity index (χ2v) is 10.7. The zero-order chi connectivity index (χ0) is 30.4. The lowest BCUT2D eigenvalue weighted by atomic mass is 9.93. The van der Waals surface area contributed by atoms with E-state index in [1.807, 2.05) is 55.5 Å². The predicted octanol–water partition coefficient (Wildman–Crippen LogP) is 4.98. The van der Waals surface area contributed by atoms with E-state index in [0.717, 1.165) is 28.7 Å². The summed E-state index contributed by atoms with van der Waals surface area (Å²) in [6.07, 6.45) is -0.797. The van der Waals surface area contributed by atoms with Crippen molar-refractivity contribution < 1.29 is 29.3 Å². The number of aromatic amines is 1. The van der Waals surface area contributed by atoms with Gasteiger partial charge in [-0.25, -0.2) is 14.6 Å². The molecule has 0 aliphatic carbocycles. The number of aromatic carboxylic acids is 1. The normalized spacial score (nSPS) is 13.5. The zero-order valence-corrected chi connectivity index (χ0v) is 24.4. The Kier molecular flexibility index (Phi) is 9.36. The van der Waals surface area contributed by atoms with Crippen molar-refractivity contribution in [1.29, 1.82) is 0 Å². The van der Waals surface area contributed by atoms with Gasteiger partial charge in [-0.2, -0.15) is 5.21 Å². The minimum Gasteiger partial charge on any atom is -0.477 e.